The molecular weight excluding hydrogens is 206 g/mol. The first-order chi connectivity index (χ1) is 7.75. The van der Waals surface area contributed by atoms with Crippen molar-refractivity contribution < 1.29 is 14.6 Å². The zero-order valence-corrected chi connectivity index (χ0v) is 8.90. The Hall–Kier alpha value is -1.42. The second kappa shape index (κ2) is 3.56. The maximum atomic E-state index is 11.2. The summed E-state index contributed by atoms with van der Waals surface area (Å²) in [5, 5.41) is 9.16. The first-order valence-corrected chi connectivity index (χ1v) is 5.59. The molecule has 2 aliphatic rings. The van der Waals surface area contributed by atoms with Crippen LogP contribution in [0.15, 0.2) is 6.07 Å². The van der Waals surface area contributed by atoms with Gasteiger partial charge in [0.05, 0.1) is 24.5 Å². The summed E-state index contributed by atoms with van der Waals surface area (Å²) in [4.78, 5) is 15.7. The van der Waals surface area contributed by atoms with E-state index in [0.717, 1.165) is 36.2 Å². The van der Waals surface area contributed by atoms with Crippen LogP contribution in [0.2, 0.25) is 0 Å². The van der Waals surface area contributed by atoms with Gasteiger partial charge in [-0.25, -0.2) is 4.79 Å². The van der Waals surface area contributed by atoms with Gasteiger partial charge < -0.3 is 9.84 Å². The van der Waals surface area contributed by atoms with Crippen LogP contribution in [0.4, 0.5) is 0 Å². The van der Waals surface area contributed by atoms with Gasteiger partial charge in [0.25, 0.3) is 0 Å². The number of aromatic nitrogens is 1. The van der Waals surface area contributed by atoms with E-state index in [1.807, 2.05) is 0 Å². The smallest absolute Gasteiger partial charge is 0.337 e. The molecule has 1 aliphatic heterocycles. The van der Waals surface area contributed by atoms with Crippen molar-refractivity contribution >= 4 is 5.97 Å². The lowest BCUT2D eigenvalue weighted by molar-refractivity contribution is 0.0693. The van der Waals surface area contributed by atoms with Crippen molar-refractivity contribution in [1.82, 2.24) is 4.98 Å². The molecule has 0 radical (unpaired) electrons. The minimum atomic E-state index is -0.872. The third-order valence-corrected chi connectivity index (χ3v) is 3.16. The molecule has 1 aliphatic carbocycles. The van der Waals surface area contributed by atoms with Gasteiger partial charge >= 0.3 is 5.97 Å². The van der Waals surface area contributed by atoms with Gasteiger partial charge in [-0.2, -0.15) is 0 Å². The largest absolute Gasteiger partial charge is 0.478 e. The van der Waals surface area contributed by atoms with Crippen molar-refractivity contribution in [2.75, 3.05) is 6.61 Å². The summed E-state index contributed by atoms with van der Waals surface area (Å²) in [6.45, 7) is 1.18. The molecule has 3 rings (SSSR count). The summed E-state index contributed by atoms with van der Waals surface area (Å²) in [7, 11) is 0. The zero-order valence-electron chi connectivity index (χ0n) is 8.90. The number of fused-ring (bicyclic) bond motifs is 1. The van der Waals surface area contributed by atoms with E-state index in [9.17, 15) is 4.79 Å². The lowest BCUT2D eigenvalue weighted by Crippen LogP contribution is -2.16. The SMILES string of the molecule is O=C(O)c1cc2c(nc1C1CC1)CCOC2. The molecule has 2 heterocycles. The number of carbonyl (C=O) groups is 1. The third-order valence-electron chi connectivity index (χ3n) is 3.16. The summed E-state index contributed by atoms with van der Waals surface area (Å²) in [5.74, 6) is -0.498. The number of carboxylic acid groups (broad SMARTS) is 1. The standard InChI is InChI=1S/C12H13NO3/c14-12(15)9-5-8-6-16-4-3-10(8)13-11(9)7-1-2-7/h5,7H,1-4,6H2,(H,14,15). The molecule has 4 heteroatoms. The number of hydrogen-bond donors (Lipinski definition) is 1. The number of ether oxygens (including phenoxy) is 1. The van der Waals surface area contributed by atoms with E-state index in [1.54, 1.807) is 6.07 Å². The number of nitrogens with zero attached hydrogens (tertiary/aromatic N) is 1. The van der Waals surface area contributed by atoms with E-state index in [1.165, 1.54) is 0 Å². The predicted octanol–water partition coefficient (Wildman–Crippen LogP) is 1.73. The first kappa shape index (κ1) is 9.78. The summed E-state index contributed by atoms with van der Waals surface area (Å²) >= 11 is 0. The molecule has 1 N–H and O–H groups in total. The van der Waals surface area contributed by atoms with Crippen LogP contribution in [0.1, 0.15) is 46.1 Å². The Balaban J connectivity index is 2.11. The van der Waals surface area contributed by atoms with Crippen molar-refractivity contribution in [3.05, 3.63) is 28.6 Å². The van der Waals surface area contributed by atoms with E-state index in [-0.39, 0.29) is 0 Å². The second-order valence-electron chi connectivity index (χ2n) is 4.41. The molecule has 1 saturated carbocycles. The summed E-state index contributed by atoms with van der Waals surface area (Å²) < 4.78 is 5.31. The Morgan fingerprint density at radius 1 is 1.50 bits per heavy atom. The number of hydrogen-bond acceptors (Lipinski definition) is 3. The van der Waals surface area contributed by atoms with Crippen LogP contribution in [0, 0.1) is 0 Å². The van der Waals surface area contributed by atoms with Crippen LogP contribution in [0.25, 0.3) is 0 Å². The molecule has 0 atom stereocenters. The minimum Gasteiger partial charge on any atom is -0.478 e. The molecule has 16 heavy (non-hydrogen) atoms. The molecule has 0 saturated heterocycles. The van der Waals surface area contributed by atoms with E-state index in [2.05, 4.69) is 4.98 Å². The van der Waals surface area contributed by atoms with Crippen LogP contribution in [0.3, 0.4) is 0 Å². The highest BCUT2D eigenvalue weighted by Crippen LogP contribution is 2.41. The lowest BCUT2D eigenvalue weighted by Gasteiger charge is -2.17. The molecule has 1 aromatic heterocycles. The van der Waals surface area contributed by atoms with Gasteiger partial charge in [0.2, 0.25) is 0 Å². The second-order valence-corrected chi connectivity index (χ2v) is 4.41. The fourth-order valence-corrected chi connectivity index (χ4v) is 2.14. The Bertz CT molecular complexity index is 452. The molecule has 0 unspecified atom stereocenters. The van der Waals surface area contributed by atoms with Crippen molar-refractivity contribution in [3.63, 3.8) is 0 Å². The number of carboxylic acids is 1. The molecule has 1 fully saturated rings. The Morgan fingerprint density at radius 3 is 3.00 bits per heavy atom. The van der Waals surface area contributed by atoms with Crippen molar-refractivity contribution in [3.8, 4) is 0 Å². The molecule has 84 valence electrons. The third kappa shape index (κ3) is 1.59. The van der Waals surface area contributed by atoms with Gasteiger partial charge in [0.15, 0.2) is 0 Å². The molecule has 0 aromatic carbocycles. The lowest BCUT2D eigenvalue weighted by atomic mass is 10.0. The molecular formula is C12H13NO3. The van der Waals surface area contributed by atoms with Crippen molar-refractivity contribution in [2.45, 2.75) is 31.8 Å². The fourth-order valence-electron chi connectivity index (χ4n) is 2.14. The maximum Gasteiger partial charge on any atom is 0.337 e. The van der Waals surface area contributed by atoms with Gasteiger partial charge in [-0.05, 0) is 18.9 Å². The first-order valence-electron chi connectivity index (χ1n) is 5.59. The Kier molecular flexibility index (Phi) is 2.17. The normalized spacial score (nSPS) is 19.2. The van der Waals surface area contributed by atoms with Crippen LogP contribution < -0.4 is 0 Å². The topological polar surface area (TPSA) is 59.4 Å². The number of pyridine rings is 1. The quantitative estimate of drug-likeness (QED) is 0.822. The monoisotopic (exact) mass is 219 g/mol. The van der Waals surface area contributed by atoms with E-state index >= 15 is 0 Å². The Labute approximate surface area is 93.3 Å². The molecule has 4 nitrogen and oxygen atoms in total. The van der Waals surface area contributed by atoms with E-state index < -0.39 is 5.97 Å². The van der Waals surface area contributed by atoms with Gasteiger partial charge in [0, 0.05) is 23.6 Å². The van der Waals surface area contributed by atoms with Crippen molar-refractivity contribution in [1.29, 1.82) is 0 Å². The van der Waals surface area contributed by atoms with Crippen LogP contribution in [0.5, 0.6) is 0 Å². The molecule has 1 aromatic rings. The van der Waals surface area contributed by atoms with Gasteiger partial charge in [-0.15, -0.1) is 0 Å². The molecule has 0 bridgehead atoms. The average Bonchev–Trinajstić information content (AvgIpc) is 3.11. The van der Waals surface area contributed by atoms with Gasteiger partial charge in [-0.1, -0.05) is 0 Å². The highest BCUT2D eigenvalue weighted by molar-refractivity contribution is 5.89. The van der Waals surface area contributed by atoms with Crippen LogP contribution in [-0.2, 0) is 17.8 Å². The van der Waals surface area contributed by atoms with Gasteiger partial charge in [-0.3, -0.25) is 4.98 Å². The van der Waals surface area contributed by atoms with E-state index in [0.29, 0.717) is 24.7 Å². The molecule has 0 amide bonds. The highest BCUT2D eigenvalue weighted by atomic mass is 16.5. The summed E-state index contributed by atoms with van der Waals surface area (Å²) in [5.41, 5.74) is 3.12. The molecule has 0 spiro atoms. The van der Waals surface area contributed by atoms with Crippen LogP contribution >= 0.6 is 0 Å². The van der Waals surface area contributed by atoms with Crippen LogP contribution in [-0.4, -0.2) is 22.7 Å². The zero-order chi connectivity index (χ0) is 11.1. The number of aromatic carboxylic acids is 1. The summed E-state index contributed by atoms with van der Waals surface area (Å²) in [6, 6.07) is 1.75. The highest BCUT2D eigenvalue weighted by Gasteiger charge is 2.31. The maximum absolute atomic E-state index is 11.2. The average molecular weight is 219 g/mol. The van der Waals surface area contributed by atoms with E-state index in [4.69, 9.17) is 9.84 Å². The fraction of sp³-hybridized carbons (Fsp3) is 0.500. The van der Waals surface area contributed by atoms with Gasteiger partial charge in [0.1, 0.15) is 0 Å². The number of rotatable bonds is 2. The summed E-state index contributed by atoms with van der Waals surface area (Å²) in [6.07, 6.45) is 2.94. The predicted molar refractivity (Wildman–Crippen MR) is 56.5 cm³/mol. The Morgan fingerprint density at radius 2 is 2.31 bits per heavy atom. The van der Waals surface area contributed by atoms with Crippen molar-refractivity contribution in [2.24, 2.45) is 0 Å². The minimum absolute atomic E-state index is 0.367.